The molecule has 0 atom stereocenters. The second kappa shape index (κ2) is 26.0. The van der Waals surface area contributed by atoms with Gasteiger partial charge < -0.3 is 0 Å². The van der Waals surface area contributed by atoms with Gasteiger partial charge in [0.15, 0.2) is 0 Å². The number of hydrogen-bond acceptors (Lipinski definition) is 1. The van der Waals surface area contributed by atoms with Gasteiger partial charge in [0.2, 0.25) is 0 Å². The molecule has 0 aromatic carbocycles. The van der Waals surface area contributed by atoms with Crippen molar-refractivity contribution in [2.24, 2.45) is 0 Å². The topological polar surface area (TPSA) is 23.8 Å². The van der Waals surface area contributed by atoms with E-state index in [-0.39, 0.29) is 51.4 Å². The predicted octanol–water partition coefficient (Wildman–Crippen LogP) is -0.861. The molecule has 0 rings (SSSR count). The van der Waals surface area contributed by atoms with Crippen LogP contribution in [0, 0.1) is 10.2 Å². The quantitative estimate of drug-likeness (QED) is 0.452. The molecular weight excluding hydrogens is 183 g/mol. The van der Waals surface area contributed by atoms with Crippen molar-refractivity contribution in [3.63, 3.8) is 0 Å². The number of nitrogens with zero attached hydrogens (tertiary/aromatic N) is 1. The minimum absolute atomic E-state index is 0. The number of hydrogen-bond donors (Lipinski definition) is 0. The third-order valence-electron chi connectivity index (χ3n) is 0. The molecule has 0 aliphatic carbocycles. The minimum atomic E-state index is 0. The summed E-state index contributed by atoms with van der Waals surface area (Å²) in [6, 6.07) is 0. The summed E-state index contributed by atoms with van der Waals surface area (Å²) in [5, 5.41) is 7.21. The molecule has 0 radical (unpaired) electrons. The summed E-state index contributed by atoms with van der Waals surface area (Å²) in [4.78, 5) is 1.50. The molecule has 0 saturated carbocycles. The Morgan fingerprint density at radius 3 is 1.67 bits per heavy atom. The Kier molecular flexibility index (Phi) is 68.4. The summed E-state index contributed by atoms with van der Waals surface area (Å²) in [7, 11) is 4.78. The molecule has 0 N–H and O–H groups in total. The summed E-state index contributed by atoms with van der Waals surface area (Å²) in [5.74, 6) is 0. The zero-order chi connectivity index (χ0) is 4.71. The first kappa shape index (κ1) is 15.8. The van der Waals surface area contributed by atoms with Crippen molar-refractivity contribution in [1.82, 2.24) is 0 Å². The molecule has 0 saturated heterocycles. The molecule has 0 spiro atoms. The Hall–Kier alpha value is 2.47. The molecule has 0 amide bonds. The first-order chi connectivity index (χ1) is 2.41. The SMILES string of the molecule is N#[C][Fe].[AlH2][Cl].[KH]. The van der Waals surface area contributed by atoms with Gasteiger partial charge in [-0.25, -0.2) is 0 Å². The Balaban J connectivity index is -0.0000000275. The van der Waals surface area contributed by atoms with Crippen LogP contribution < -0.4 is 0 Å². The van der Waals surface area contributed by atoms with Crippen LogP contribution in [-0.2, 0) is 16.0 Å². The fraction of sp³-hybridized carbons (Fsp3) is 0. The van der Waals surface area contributed by atoms with Gasteiger partial charge in [-0.3, -0.25) is 10.0 Å². The van der Waals surface area contributed by atoms with Crippen LogP contribution in [0.4, 0.5) is 0 Å². The van der Waals surface area contributed by atoms with Crippen LogP contribution in [0.1, 0.15) is 0 Å². The molecule has 0 aliphatic rings. The van der Waals surface area contributed by atoms with Gasteiger partial charge in [-0.2, -0.15) is 0 Å². The van der Waals surface area contributed by atoms with Crippen molar-refractivity contribution in [2.45, 2.75) is 0 Å². The van der Waals surface area contributed by atoms with E-state index in [1.54, 1.807) is 0 Å². The summed E-state index contributed by atoms with van der Waals surface area (Å²) in [5.41, 5.74) is 0. The van der Waals surface area contributed by atoms with Crippen molar-refractivity contribution < 1.29 is 16.0 Å². The molecule has 1 nitrogen and oxygen atoms in total. The van der Waals surface area contributed by atoms with Crippen LogP contribution in [0.5, 0.6) is 0 Å². The summed E-state index contributed by atoms with van der Waals surface area (Å²) < 4.78 is 0. The summed E-state index contributed by atoms with van der Waals surface area (Å²) >= 11 is 3.57. The van der Waals surface area contributed by atoms with E-state index in [9.17, 15) is 0 Å². The first-order valence-corrected chi connectivity index (χ1v) is 4.35. The van der Waals surface area contributed by atoms with Crippen molar-refractivity contribution >= 4 is 76.8 Å². The van der Waals surface area contributed by atoms with E-state index in [1.807, 2.05) is 0 Å². The van der Waals surface area contributed by atoms with Crippen LogP contribution in [-0.4, -0.2) is 66.8 Å². The zero-order valence-corrected chi connectivity index (χ0v) is 6.54. The van der Waals surface area contributed by atoms with Gasteiger partial charge in [0, 0.05) is 0 Å². The van der Waals surface area contributed by atoms with E-state index in [0.717, 1.165) is 15.4 Å². The van der Waals surface area contributed by atoms with E-state index in [4.69, 9.17) is 15.3 Å². The molecular formula is CH3AlClFeKN. The van der Waals surface area contributed by atoms with Crippen LogP contribution in [0.3, 0.4) is 0 Å². The molecule has 0 heterocycles. The molecule has 0 aromatic rings. The second-order valence-electron chi connectivity index (χ2n) is 0.0791. The van der Waals surface area contributed by atoms with E-state index < -0.39 is 0 Å². The first-order valence-electron chi connectivity index (χ1n) is 0.778. The summed E-state index contributed by atoms with van der Waals surface area (Å²) in [6.45, 7) is 0. The molecule has 0 unspecified atom stereocenters. The van der Waals surface area contributed by atoms with Crippen molar-refractivity contribution in [3.05, 3.63) is 0 Å². The zero-order valence-electron chi connectivity index (χ0n) is 2.68. The van der Waals surface area contributed by atoms with Crippen LogP contribution in [0.2, 0.25) is 0 Å². The van der Waals surface area contributed by atoms with E-state index >= 15 is 0 Å². The van der Waals surface area contributed by atoms with Gasteiger partial charge >= 0.3 is 93.0 Å². The number of nitriles is 1. The number of halogens is 1. The Morgan fingerprint density at radius 1 is 1.67 bits per heavy atom. The Morgan fingerprint density at radius 2 is 1.67 bits per heavy atom. The molecule has 0 aliphatic heterocycles. The van der Waals surface area contributed by atoms with Crippen molar-refractivity contribution in [3.8, 4) is 4.97 Å². The molecule has 31 valence electrons. The third kappa shape index (κ3) is 31.7. The van der Waals surface area contributed by atoms with Crippen molar-refractivity contribution in [1.29, 1.82) is 5.26 Å². The average Bonchev–Trinajstić information content (AvgIpc) is 1.46. The average molecular weight is 186 g/mol. The van der Waals surface area contributed by atoms with E-state index in [0.29, 0.717) is 0 Å². The maximum atomic E-state index is 7.21. The molecule has 0 aromatic heterocycles. The van der Waals surface area contributed by atoms with E-state index in [2.05, 4.69) is 16.0 Å². The maximum absolute atomic E-state index is 7.21. The normalized spacial score (nSPS) is 2.17. The predicted molar refractivity (Wildman–Crippen MR) is 27.2 cm³/mol. The van der Waals surface area contributed by atoms with Crippen molar-refractivity contribution in [2.75, 3.05) is 0 Å². The fourth-order valence-electron chi connectivity index (χ4n) is 0. The van der Waals surface area contributed by atoms with Crippen LogP contribution in [0.25, 0.3) is 0 Å². The third-order valence-corrected chi connectivity index (χ3v) is 0. The molecule has 6 heavy (non-hydrogen) atoms. The Bertz CT molecular complexity index is 37.0. The molecule has 5 heteroatoms. The molecule has 0 fully saturated rings. The number of rotatable bonds is 0. The summed E-state index contributed by atoms with van der Waals surface area (Å²) in [6.07, 6.45) is 0. The Labute approximate surface area is 101 Å². The monoisotopic (exact) mass is 186 g/mol. The van der Waals surface area contributed by atoms with Gasteiger partial charge in [-0.05, 0) is 0 Å². The van der Waals surface area contributed by atoms with E-state index in [1.165, 1.54) is 4.97 Å². The van der Waals surface area contributed by atoms with Gasteiger partial charge in [0.05, 0.1) is 0 Å². The standard InChI is InChI=1S/CN.Al.ClH.Fe.K.3H/c1-2;;;;;;;/h;;1H;;;;;/q;+1;;;;;;/p-1. The van der Waals surface area contributed by atoms with Crippen LogP contribution in [0.15, 0.2) is 0 Å². The van der Waals surface area contributed by atoms with Gasteiger partial charge in [0.25, 0.3) is 0 Å². The fourth-order valence-corrected chi connectivity index (χ4v) is 0. The van der Waals surface area contributed by atoms with Crippen LogP contribution >= 0.6 is 10.0 Å². The second-order valence-corrected chi connectivity index (χ2v) is 0.326. The molecule has 0 bridgehead atoms. The van der Waals surface area contributed by atoms with Gasteiger partial charge in [0.1, 0.15) is 0 Å². The van der Waals surface area contributed by atoms with Gasteiger partial charge in [-0.1, -0.05) is 0 Å². The van der Waals surface area contributed by atoms with Gasteiger partial charge in [-0.15, -0.1) is 0 Å².